The molecule has 1 unspecified atom stereocenters. The van der Waals surface area contributed by atoms with E-state index < -0.39 is 0 Å². The van der Waals surface area contributed by atoms with Crippen LogP contribution >= 0.6 is 0 Å². The van der Waals surface area contributed by atoms with Crippen molar-refractivity contribution in [3.8, 4) is 0 Å². The van der Waals surface area contributed by atoms with Crippen LogP contribution in [0.4, 0.5) is 0 Å². The van der Waals surface area contributed by atoms with Gasteiger partial charge in [0.05, 0.1) is 12.7 Å². The normalized spacial score (nSPS) is 17.0. The Hall–Kier alpha value is -3.14. The highest BCUT2D eigenvalue weighted by atomic mass is 16.5. The minimum Gasteiger partial charge on any atom is -0.466 e. The molecular formula is C22H22N2O2. The molecule has 1 N–H and O–H groups in total. The van der Waals surface area contributed by atoms with Crippen molar-refractivity contribution in [1.29, 1.82) is 0 Å². The Bertz CT molecular complexity index is 878. The molecule has 0 aromatic heterocycles. The fourth-order valence-electron chi connectivity index (χ4n) is 2.89. The van der Waals surface area contributed by atoms with Crippen LogP contribution in [0.15, 0.2) is 76.9 Å². The lowest BCUT2D eigenvalue weighted by atomic mass is 9.95. The fraction of sp³-hybridized carbons (Fsp3) is 0.182. The van der Waals surface area contributed by atoms with E-state index in [1.807, 2.05) is 80.6 Å². The van der Waals surface area contributed by atoms with Gasteiger partial charge in [0.15, 0.2) is 0 Å². The Morgan fingerprint density at radius 1 is 1.04 bits per heavy atom. The van der Waals surface area contributed by atoms with Gasteiger partial charge >= 0.3 is 5.97 Å². The van der Waals surface area contributed by atoms with Gasteiger partial charge in [-0.05, 0) is 31.1 Å². The second-order valence-corrected chi connectivity index (χ2v) is 6.23. The number of methoxy groups -OCH3 is 1. The maximum Gasteiger partial charge on any atom is 0.338 e. The summed E-state index contributed by atoms with van der Waals surface area (Å²) >= 11 is 0. The summed E-state index contributed by atoms with van der Waals surface area (Å²) in [5.41, 5.74) is 4.50. The predicted octanol–water partition coefficient (Wildman–Crippen LogP) is 4.20. The number of hydrogen-bond donors (Lipinski definition) is 1. The maximum absolute atomic E-state index is 12.3. The zero-order valence-electron chi connectivity index (χ0n) is 15.2. The van der Waals surface area contributed by atoms with Crippen LogP contribution < -0.4 is 5.32 Å². The van der Waals surface area contributed by atoms with E-state index in [-0.39, 0.29) is 12.0 Å². The average molecular weight is 346 g/mol. The highest BCUT2D eigenvalue weighted by Gasteiger charge is 2.29. The zero-order valence-corrected chi connectivity index (χ0v) is 15.2. The van der Waals surface area contributed by atoms with Gasteiger partial charge in [-0.3, -0.25) is 4.99 Å². The number of benzene rings is 2. The van der Waals surface area contributed by atoms with E-state index in [0.29, 0.717) is 11.4 Å². The molecule has 2 aromatic carbocycles. The molecule has 1 aliphatic heterocycles. The van der Waals surface area contributed by atoms with Gasteiger partial charge in [0.2, 0.25) is 0 Å². The van der Waals surface area contributed by atoms with Gasteiger partial charge in [-0.15, -0.1) is 0 Å². The van der Waals surface area contributed by atoms with Gasteiger partial charge in [-0.2, -0.15) is 0 Å². The predicted molar refractivity (Wildman–Crippen MR) is 105 cm³/mol. The van der Waals surface area contributed by atoms with E-state index in [0.717, 1.165) is 22.4 Å². The van der Waals surface area contributed by atoms with Crippen molar-refractivity contribution in [3.63, 3.8) is 0 Å². The minimum atomic E-state index is -0.389. The Morgan fingerprint density at radius 2 is 1.73 bits per heavy atom. The van der Waals surface area contributed by atoms with Gasteiger partial charge < -0.3 is 10.1 Å². The lowest BCUT2D eigenvalue weighted by Gasteiger charge is -2.25. The molecule has 132 valence electrons. The molecule has 4 nitrogen and oxygen atoms in total. The van der Waals surface area contributed by atoms with Gasteiger partial charge in [0.1, 0.15) is 11.9 Å². The van der Waals surface area contributed by atoms with E-state index in [2.05, 4.69) is 5.32 Å². The molecule has 3 rings (SSSR count). The molecule has 2 aromatic rings. The second-order valence-electron chi connectivity index (χ2n) is 6.23. The molecule has 1 atom stereocenters. The summed E-state index contributed by atoms with van der Waals surface area (Å²) in [6, 6.07) is 17.7. The smallest absolute Gasteiger partial charge is 0.338 e. The summed E-state index contributed by atoms with van der Waals surface area (Å²) in [6.07, 6.45) is 3.92. The van der Waals surface area contributed by atoms with Crippen LogP contribution in [0.5, 0.6) is 0 Å². The monoisotopic (exact) mass is 346 g/mol. The molecule has 0 saturated heterocycles. The average Bonchev–Trinajstić information content (AvgIpc) is 2.67. The number of nitrogens with one attached hydrogen (secondary N) is 1. The van der Waals surface area contributed by atoms with Crippen molar-refractivity contribution in [1.82, 2.24) is 5.32 Å². The van der Waals surface area contributed by atoms with Crippen molar-refractivity contribution < 1.29 is 9.53 Å². The number of carbonyl (C=O) groups is 1. The van der Waals surface area contributed by atoms with Crippen molar-refractivity contribution in [2.75, 3.05) is 7.11 Å². The number of carbonyl (C=O) groups excluding carboxylic acids is 1. The summed E-state index contributed by atoms with van der Waals surface area (Å²) < 4.78 is 4.98. The molecular weight excluding hydrogens is 324 g/mol. The molecule has 0 aliphatic carbocycles. The van der Waals surface area contributed by atoms with E-state index in [1.165, 1.54) is 7.11 Å². The Morgan fingerprint density at radius 3 is 2.38 bits per heavy atom. The zero-order chi connectivity index (χ0) is 18.5. The maximum atomic E-state index is 12.3. The highest BCUT2D eigenvalue weighted by molar-refractivity contribution is 6.01. The first-order valence-electron chi connectivity index (χ1n) is 8.52. The van der Waals surface area contributed by atoms with Crippen LogP contribution in [0.2, 0.25) is 0 Å². The van der Waals surface area contributed by atoms with Crippen LogP contribution in [-0.2, 0) is 9.53 Å². The van der Waals surface area contributed by atoms with E-state index in [1.54, 1.807) is 0 Å². The van der Waals surface area contributed by atoms with E-state index >= 15 is 0 Å². The number of esters is 1. The van der Waals surface area contributed by atoms with Crippen LogP contribution in [0.3, 0.4) is 0 Å². The molecule has 0 radical (unpaired) electrons. The highest BCUT2D eigenvalue weighted by Crippen LogP contribution is 2.31. The number of amidine groups is 1. The van der Waals surface area contributed by atoms with Crippen LogP contribution in [0.1, 0.15) is 29.7 Å². The van der Waals surface area contributed by atoms with Gasteiger partial charge in [0, 0.05) is 5.70 Å². The van der Waals surface area contributed by atoms with Crippen molar-refractivity contribution >= 4 is 17.9 Å². The van der Waals surface area contributed by atoms with Crippen LogP contribution in [0.25, 0.3) is 6.08 Å². The first-order valence-corrected chi connectivity index (χ1v) is 8.52. The van der Waals surface area contributed by atoms with Crippen LogP contribution in [0, 0.1) is 6.92 Å². The topological polar surface area (TPSA) is 50.7 Å². The lowest BCUT2D eigenvalue weighted by molar-refractivity contribution is -0.136. The molecule has 1 aliphatic rings. The number of allylic oxidation sites excluding steroid dienone is 1. The van der Waals surface area contributed by atoms with Crippen molar-refractivity contribution in [3.05, 3.63) is 88.6 Å². The Labute approximate surface area is 153 Å². The van der Waals surface area contributed by atoms with Crippen molar-refractivity contribution in [2.45, 2.75) is 19.9 Å². The number of ether oxygens (including phenoxy) is 1. The standard InChI is InChI=1S/C22H22N2O2/c1-15-9-12-18(13-10-15)21-20(22(25)26-3)16(2)23-19(24-21)14-11-17-7-5-4-6-8-17/h4-14,21H,1-3H3,(H,23,24)/b14-11+. The quantitative estimate of drug-likeness (QED) is 0.844. The molecule has 0 saturated carbocycles. The summed E-state index contributed by atoms with van der Waals surface area (Å²) in [6.45, 7) is 3.91. The number of nitrogens with zero attached hydrogens (tertiary/aromatic N) is 1. The number of rotatable bonds is 4. The molecule has 26 heavy (non-hydrogen) atoms. The second kappa shape index (κ2) is 7.83. The summed E-state index contributed by atoms with van der Waals surface area (Å²) in [7, 11) is 1.39. The lowest BCUT2D eigenvalue weighted by Crippen LogP contribution is -2.30. The van der Waals surface area contributed by atoms with Crippen molar-refractivity contribution in [2.24, 2.45) is 4.99 Å². The third-order valence-corrected chi connectivity index (χ3v) is 4.29. The summed E-state index contributed by atoms with van der Waals surface area (Å²) in [5.74, 6) is 0.347. The molecule has 1 heterocycles. The van der Waals surface area contributed by atoms with Gasteiger partial charge in [0.25, 0.3) is 0 Å². The molecule has 0 amide bonds. The SMILES string of the molecule is COC(=O)C1=C(C)NC(/C=C/c2ccccc2)=NC1c1ccc(C)cc1. The largest absolute Gasteiger partial charge is 0.466 e. The molecule has 0 spiro atoms. The first kappa shape index (κ1) is 17.7. The number of aryl methyl sites for hydroxylation is 1. The van der Waals surface area contributed by atoms with E-state index in [9.17, 15) is 4.79 Å². The number of aliphatic imine (C=N–C) groups is 1. The summed E-state index contributed by atoms with van der Waals surface area (Å²) in [4.78, 5) is 17.1. The molecule has 0 bridgehead atoms. The van der Waals surface area contributed by atoms with Gasteiger partial charge in [-0.1, -0.05) is 66.2 Å². The van der Waals surface area contributed by atoms with Gasteiger partial charge in [-0.25, -0.2) is 4.79 Å². The molecule has 0 fully saturated rings. The van der Waals surface area contributed by atoms with E-state index in [4.69, 9.17) is 9.73 Å². The first-order chi connectivity index (χ1) is 12.6. The molecule has 4 heteroatoms. The Kier molecular flexibility index (Phi) is 5.32. The minimum absolute atomic E-state index is 0.365. The third-order valence-electron chi connectivity index (χ3n) is 4.29. The van der Waals surface area contributed by atoms with Crippen LogP contribution in [-0.4, -0.2) is 18.9 Å². The Balaban J connectivity index is 1.97. The third kappa shape index (κ3) is 3.91. The number of hydrogen-bond acceptors (Lipinski definition) is 4. The fourth-order valence-corrected chi connectivity index (χ4v) is 2.89. The summed E-state index contributed by atoms with van der Waals surface area (Å²) in [5, 5.41) is 3.20.